The molecule has 0 amide bonds. The van der Waals surface area contributed by atoms with E-state index in [4.69, 9.17) is 13.0 Å². The highest BCUT2D eigenvalue weighted by Crippen LogP contribution is 2.51. The van der Waals surface area contributed by atoms with E-state index in [1.165, 1.54) is 5.56 Å². The van der Waals surface area contributed by atoms with Crippen LogP contribution in [0.1, 0.15) is 67.4 Å². The van der Waals surface area contributed by atoms with Crippen molar-refractivity contribution in [3.8, 4) is 0 Å². The van der Waals surface area contributed by atoms with Gasteiger partial charge in [-0.1, -0.05) is 85.7 Å². The Morgan fingerprint density at radius 1 is 0.903 bits per heavy atom. The van der Waals surface area contributed by atoms with E-state index in [1.807, 2.05) is 0 Å². The fraction of sp³-hybridized carbons (Fsp3) is 0.750. The molecule has 3 nitrogen and oxygen atoms in total. The number of rotatable bonds is 7. The van der Waals surface area contributed by atoms with Crippen molar-refractivity contribution in [1.82, 2.24) is 0 Å². The van der Waals surface area contributed by atoms with Gasteiger partial charge in [-0.2, -0.15) is 0 Å². The molecule has 31 heavy (non-hydrogen) atoms. The fourth-order valence-corrected chi connectivity index (χ4v) is 19.5. The Balaban J connectivity index is 1.84. The second-order valence-electron chi connectivity index (χ2n) is 10.3. The minimum Gasteiger partial charge on any atom is -0.414 e. The molecule has 3 rings (SSSR count). The molecule has 0 radical (unpaired) electrons. The number of benzene rings is 1. The highest BCUT2D eigenvalue weighted by molar-refractivity contribution is 8.17. The lowest BCUT2D eigenvalue weighted by atomic mass is 10.2. The highest BCUT2D eigenvalue weighted by atomic mass is 32.2. The Kier molecular flexibility index (Phi) is 8.89. The average Bonchev–Trinajstić information content (AvgIpc) is 3.07. The van der Waals surface area contributed by atoms with Crippen molar-refractivity contribution >= 4 is 40.6 Å². The van der Waals surface area contributed by atoms with E-state index in [1.54, 1.807) is 0 Å². The van der Waals surface area contributed by atoms with Gasteiger partial charge in [0.1, 0.15) is 0 Å². The lowest BCUT2D eigenvalue weighted by Gasteiger charge is -2.51. The molecule has 0 bridgehead atoms. The molecule has 2 aliphatic heterocycles. The molecule has 2 fully saturated rings. The minimum atomic E-state index is -2.47. The van der Waals surface area contributed by atoms with E-state index in [0.717, 1.165) is 18.8 Å². The summed E-state index contributed by atoms with van der Waals surface area (Å²) in [6, 6.07) is 10.8. The zero-order valence-electron chi connectivity index (χ0n) is 20.6. The molecular weight excluding hydrogens is 457 g/mol. The number of thioether (sulfide) groups is 2. The first-order valence-corrected chi connectivity index (χ1v) is 17.9. The van der Waals surface area contributed by atoms with E-state index in [9.17, 15) is 0 Å². The normalized spacial score (nSPS) is 28.2. The maximum atomic E-state index is 7.30. The molecule has 0 saturated carbocycles. The Bertz CT molecular complexity index is 683. The third-order valence-electron chi connectivity index (χ3n) is 6.79. The van der Waals surface area contributed by atoms with Crippen molar-refractivity contribution in [3.05, 3.63) is 35.9 Å². The van der Waals surface area contributed by atoms with Crippen LogP contribution in [-0.4, -0.2) is 39.7 Å². The molecule has 2 saturated heterocycles. The number of hydrogen-bond donors (Lipinski definition) is 0. The van der Waals surface area contributed by atoms with Gasteiger partial charge < -0.3 is 13.0 Å². The maximum absolute atomic E-state index is 7.30. The quantitative estimate of drug-likeness (QED) is 0.359. The summed E-state index contributed by atoms with van der Waals surface area (Å²) in [6.45, 7) is 19.2. The van der Waals surface area contributed by atoms with Crippen LogP contribution in [0, 0.1) is 0 Å². The Labute approximate surface area is 201 Å². The molecule has 1 unspecified atom stereocenters. The highest BCUT2D eigenvalue weighted by Gasteiger charge is 2.59. The second-order valence-corrected chi connectivity index (χ2v) is 22.0. The largest absolute Gasteiger partial charge is 0.414 e. The molecule has 2 aliphatic rings. The van der Waals surface area contributed by atoms with Gasteiger partial charge in [-0.25, -0.2) is 0 Å². The summed E-state index contributed by atoms with van der Waals surface area (Å²) in [7, 11) is -4.89. The number of hydrogen-bond acceptors (Lipinski definition) is 5. The summed E-state index contributed by atoms with van der Waals surface area (Å²) in [5.41, 5.74) is 3.02. The lowest BCUT2D eigenvalue weighted by Crippen LogP contribution is -2.64. The summed E-state index contributed by atoms with van der Waals surface area (Å²) in [4.78, 5) is 0. The van der Waals surface area contributed by atoms with E-state index < -0.39 is 17.1 Å². The van der Waals surface area contributed by atoms with Gasteiger partial charge in [-0.05, 0) is 34.1 Å². The predicted octanol–water partition coefficient (Wildman–Crippen LogP) is 7.71. The first kappa shape index (κ1) is 25.8. The van der Waals surface area contributed by atoms with Crippen LogP contribution < -0.4 is 0 Å². The molecular formula is C24H42O3S2Si2. The first-order chi connectivity index (χ1) is 14.6. The van der Waals surface area contributed by atoms with Crippen molar-refractivity contribution in [2.75, 3.05) is 6.61 Å². The van der Waals surface area contributed by atoms with Crippen LogP contribution in [0.4, 0.5) is 0 Å². The van der Waals surface area contributed by atoms with Crippen molar-refractivity contribution in [3.63, 3.8) is 0 Å². The van der Waals surface area contributed by atoms with Crippen LogP contribution >= 0.6 is 23.5 Å². The minimum absolute atomic E-state index is 0.237. The van der Waals surface area contributed by atoms with Gasteiger partial charge in [-0.15, -0.1) is 23.5 Å². The molecule has 2 heterocycles. The summed E-state index contributed by atoms with van der Waals surface area (Å²) in [6.07, 6.45) is 1.33. The summed E-state index contributed by atoms with van der Waals surface area (Å²) in [5, 5.41) is 0.408. The van der Waals surface area contributed by atoms with Crippen LogP contribution in [0.2, 0.25) is 22.2 Å². The van der Waals surface area contributed by atoms with Crippen LogP contribution in [0.5, 0.6) is 0 Å². The van der Waals surface area contributed by atoms with Crippen molar-refractivity contribution in [2.24, 2.45) is 0 Å². The van der Waals surface area contributed by atoms with Gasteiger partial charge in [0.25, 0.3) is 0 Å². The zero-order chi connectivity index (χ0) is 22.8. The average molecular weight is 499 g/mol. The van der Waals surface area contributed by atoms with E-state index in [2.05, 4.69) is 109 Å². The topological polar surface area (TPSA) is 27.7 Å². The standard InChI is InChI=1S/C24H42O3S2Si2/c1-17(2)30(18(3)4)25-15-23-22(26-31(27-30,19(5)6)20(7)8)14-24(29-23)28-16-21-12-10-9-11-13-21/h9-13,17-20,22-24H,14-16H2,1-8H3/t22-,23+,24?/m0/s1. The van der Waals surface area contributed by atoms with Gasteiger partial charge in [-0.3, -0.25) is 0 Å². The van der Waals surface area contributed by atoms with Crippen LogP contribution in [0.15, 0.2) is 30.3 Å². The van der Waals surface area contributed by atoms with Crippen molar-refractivity contribution in [1.29, 1.82) is 0 Å². The SMILES string of the molecule is CC(C)[Si]1(C(C)C)OC[C@H]2SC(SCc3ccccc3)C[C@@H]2O[Si](C(C)C)(C(C)C)O1. The molecule has 1 aromatic carbocycles. The van der Waals surface area contributed by atoms with Gasteiger partial charge in [0.05, 0.1) is 22.5 Å². The van der Waals surface area contributed by atoms with Gasteiger partial charge >= 0.3 is 17.1 Å². The van der Waals surface area contributed by atoms with Crippen LogP contribution in [0.3, 0.4) is 0 Å². The molecule has 0 aliphatic carbocycles. The molecule has 0 aromatic heterocycles. The zero-order valence-corrected chi connectivity index (χ0v) is 24.2. The van der Waals surface area contributed by atoms with Gasteiger partial charge in [0.15, 0.2) is 0 Å². The number of fused-ring (bicyclic) bond motifs is 1. The van der Waals surface area contributed by atoms with E-state index >= 15 is 0 Å². The summed E-state index contributed by atoms with van der Waals surface area (Å²) in [5.74, 6) is 1.06. The third kappa shape index (κ3) is 5.49. The van der Waals surface area contributed by atoms with E-state index in [0.29, 0.717) is 32.0 Å². The third-order valence-corrected chi connectivity index (χ3v) is 20.2. The fourth-order valence-electron chi connectivity index (χ4n) is 4.98. The van der Waals surface area contributed by atoms with Crippen molar-refractivity contribution in [2.45, 2.75) is 106 Å². The predicted molar refractivity (Wildman–Crippen MR) is 141 cm³/mol. The molecule has 7 heteroatoms. The Morgan fingerprint density at radius 3 is 2.03 bits per heavy atom. The first-order valence-electron chi connectivity index (χ1n) is 11.9. The smallest absolute Gasteiger partial charge is 0.334 e. The molecule has 0 N–H and O–H groups in total. The molecule has 0 spiro atoms. The Morgan fingerprint density at radius 2 is 1.48 bits per heavy atom. The second kappa shape index (κ2) is 10.7. The molecule has 3 atom stereocenters. The van der Waals surface area contributed by atoms with Crippen molar-refractivity contribution < 1.29 is 13.0 Å². The van der Waals surface area contributed by atoms with Crippen LogP contribution in [-0.2, 0) is 18.7 Å². The van der Waals surface area contributed by atoms with Gasteiger partial charge in [0.2, 0.25) is 0 Å². The molecule has 1 aromatic rings. The summed E-state index contributed by atoms with van der Waals surface area (Å²) < 4.78 is 22.0. The maximum Gasteiger partial charge on any atom is 0.334 e. The Hall–Kier alpha value is 0.234. The lowest BCUT2D eigenvalue weighted by molar-refractivity contribution is 0.0739. The summed E-state index contributed by atoms with van der Waals surface area (Å²) >= 11 is 4.15. The molecule has 176 valence electrons. The monoisotopic (exact) mass is 498 g/mol. The van der Waals surface area contributed by atoms with Gasteiger partial charge in [0, 0.05) is 5.75 Å². The van der Waals surface area contributed by atoms with E-state index in [-0.39, 0.29) is 6.10 Å². The van der Waals surface area contributed by atoms with Crippen LogP contribution in [0.25, 0.3) is 0 Å².